The minimum absolute atomic E-state index is 0.114. The fraction of sp³-hybridized carbons (Fsp3) is 0.480. The van der Waals surface area contributed by atoms with Crippen molar-refractivity contribution in [1.82, 2.24) is 10.3 Å². The van der Waals surface area contributed by atoms with E-state index in [1.807, 2.05) is 12.3 Å². The number of hydrogen-bond acceptors (Lipinski definition) is 2. The van der Waals surface area contributed by atoms with Gasteiger partial charge in [-0.1, -0.05) is 44.0 Å². The highest BCUT2D eigenvalue weighted by atomic mass is 35.5. The standard InChI is InChI=1S/C25H31ClN2/c1-14-11-18-12-19(26)7-8-20(18)23(21-9-10-27-17(4)25(21,5)6)24-22(14)16(3)15(2)13-28-24/h7-8,12-14,17,27H,9-11H2,1-6H3/b23-21-/i/hD. The second-order valence-electron chi connectivity index (χ2n) is 9.14. The number of piperidine rings is 1. The van der Waals surface area contributed by atoms with E-state index in [1.54, 1.807) is 5.31 Å². The molecule has 1 aliphatic carbocycles. The van der Waals surface area contributed by atoms with Gasteiger partial charge in [-0.05, 0) is 86.0 Å². The number of hydrogen-bond donors (Lipinski definition) is 1. The first-order valence-electron chi connectivity index (χ1n) is 10.8. The van der Waals surface area contributed by atoms with E-state index >= 15 is 0 Å². The lowest BCUT2D eigenvalue weighted by molar-refractivity contribution is 0.271. The van der Waals surface area contributed by atoms with Crippen molar-refractivity contribution in [2.75, 3.05) is 6.54 Å². The summed E-state index contributed by atoms with van der Waals surface area (Å²) in [5.41, 5.74) is 10.3. The van der Waals surface area contributed by atoms with Gasteiger partial charge in [0.25, 0.3) is 0 Å². The summed E-state index contributed by atoms with van der Waals surface area (Å²) in [6.45, 7) is 14.2. The largest absolute Gasteiger partial charge is 0.313 e. The van der Waals surface area contributed by atoms with Crippen LogP contribution in [0.1, 0.15) is 73.5 Å². The summed E-state index contributed by atoms with van der Waals surface area (Å²) < 4.78 is 8.37. The Morgan fingerprint density at radius 2 is 2.00 bits per heavy atom. The first-order chi connectivity index (χ1) is 13.6. The van der Waals surface area contributed by atoms with Crippen LogP contribution >= 0.6 is 11.6 Å². The van der Waals surface area contributed by atoms with Crippen LogP contribution in [-0.4, -0.2) is 17.6 Å². The molecule has 0 bridgehead atoms. The minimum Gasteiger partial charge on any atom is -0.313 e. The Labute approximate surface area is 175 Å². The first kappa shape index (κ1) is 18.4. The SMILES string of the molecule is [2H]N1CC/C(=C2\c3ccc(Cl)cc3CC(C)c3c2ncc(C)c3C)C(C)(C)C1C. The van der Waals surface area contributed by atoms with Crippen LogP contribution in [0.5, 0.6) is 0 Å². The van der Waals surface area contributed by atoms with Gasteiger partial charge in [0, 0.05) is 28.2 Å². The van der Waals surface area contributed by atoms with Crippen LogP contribution in [0.4, 0.5) is 0 Å². The van der Waals surface area contributed by atoms with Crippen LogP contribution in [0.25, 0.3) is 5.57 Å². The number of rotatable bonds is 0. The van der Waals surface area contributed by atoms with E-state index in [9.17, 15) is 0 Å². The number of nitrogens with zero attached hydrogens (tertiary/aromatic N) is 1. The maximum atomic E-state index is 8.37. The Morgan fingerprint density at radius 3 is 2.75 bits per heavy atom. The van der Waals surface area contributed by atoms with Crippen LogP contribution in [0.15, 0.2) is 30.0 Å². The van der Waals surface area contributed by atoms with E-state index in [-0.39, 0.29) is 11.5 Å². The normalized spacial score (nSPS) is 27.6. The van der Waals surface area contributed by atoms with Crippen molar-refractivity contribution in [2.45, 2.75) is 66.3 Å². The molecule has 1 aliphatic heterocycles. The van der Waals surface area contributed by atoms with Gasteiger partial charge in [0.2, 0.25) is 0 Å². The molecule has 0 radical (unpaired) electrons. The van der Waals surface area contributed by atoms with Crippen molar-refractivity contribution in [2.24, 2.45) is 5.41 Å². The summed E-state index contributed by atoms with van der Waals surface area (Å²) in [6.07, 6.45) is 3.88. The molecule has 4 rings (SSSR count). The number of benzene rings is 1. The molecule has 148 valence electrons. The Hall–Kier alpha value is -1.64. The van der Waals surface area contributed by atoms with E-state index in [0.29, 0.717) is 5.92 Å². The second-order valence-corrected chi connectivity index (χ2v) is 9.58. The van der Waals surface area contributed by atoms with Gasteiger partial charge in [0.1, 0.15) is 1.41 Å². The van der Waals surface area contributed by atoms with Crippen molar-refractivity contribution in [3.8, 4) is 0 Å². The molecule has 2 nitrogen and oxygen atoms in total. The van der Waals surface area contributed by atoms with E-state index < -0.39 is 0 Å². The third-order valence-electron chi connectivity index (χ3n) is 7.12. The van der Waals surface area contributed by atoms with Gasteiger partial charge in [-0.15, -0.1) is 0 Å². The smallest absolute Gasteiger partial charge is 0.123 e. The molecule has 3 heteroatoms. The summed E-state index contributed by atoms with van der Waals surface area (Å²) in [7, 11) is 0. The molecule has 2 aromatic rings. The van der Waals surface area contributed by atoms with Crippen LogP contribution < -0.4 is 5.31 Å². The quantitative estimate of drug-likeness (QED) is 0.572. The van der Waals surface area contributed by atoms with Gasteiger partial charge in [0.05, 0.1) is 5.69 Å². The van der Waals surface area contributed by atoms with E-state index in [4.69, 9.17) is 18.0 Å². The average molecular weight is 396 g/mol. The molecule has 1 aromatic carbocycles. The molecular formula is C25H31ClN2. The molecular weight excluding hydrogens is 364 g/mol. The lowest BCUT2D eigenvalue weighted by Gasteiger charge is -2.41. The molecule has 1 N–H and O–H groups in total. The number of pyridine rings is 1. The number of halogens is 1. The van der Waals surface area contributed by atoms with Gasteiger partial charge in [-0.25, -0.2) is 0 Å². The highest BCUT2D eigenvalue weighted by Crippen LogP contribution is 2.47. The lowest BCUT2D eigenvalue weighted by Crippen LogP contribution is -2.46. The monoisotopic (exact) mass is 395 g/mol. The van der Waals surface area contributed by atoms with Crippen LogP contribution in [0.2, 0.25) is 6.43 Å². The van der Waals surface area contributed by atoms with E-state index in [1.165, 1.54) is 39.0 Å². The summed E-state index contributed by atoms with van der Waals surface area (Å²) in [5.74, 6) is 0.379. The van der Waals surface area contributed by atoms with Gasteiger partial charge in [-0.3, -0.25) is 4.98 Å². The van der Waals surface area contributed by atoms with Gasteiger partial charge in [0.15, 0.2) is 0 Å². The maximum absolute atomic E-state index is 8.37. The first-order valence-corrected chi connectivity index (χ1v) is 10.7. The zero-order chi connectivity index (χ0) is 21.1. The Kier molecular flexibility index (Phi) is 4.60. The predicted octanol–water partition coefficient (Wildman–Crippen LogP) is 6.22. The van der Waals surface area contributed by atoms with Gasteiger partial charge in [-0.2, -0.15) is 0 Å². The fourth-order valence-electron chi connectivity index (χ4n) is 4.98. The highest BCUT2D eigenvalue weighted by molar-refractivity contribution is 6.30. The Bertz CT molecular complexity index is 1010. The summed E-state index contributed by atoms with van der Waals surface area (Å²) >= 11 is 6.41. The Morgan fingerprint density at radius 1 is 1.25 bits per heavy atom. The molecule has 1 saturated heterocycles. The van der Waals surface area contributed by atoms with Crippen LogP contribution in [-0.2, 0) is 6.42 Å². The predicted molar refractivity (Wildman–Crippen MR) is 119 cm³/mol. The zero-order valence-electron chi connectivity index (χ0n) is 18.9. The number of fused-ring (bicyclic) bond motifs is 2. The number of nitrogens with one attached hydrogen (secondary N) is 1. The van der Waals surface area contributed by atoms with Gasteiger partial charge >= 0.3 is 0 Å². The molecule has 0 spiro atoms. The average Bonchev–Trinajstić information content (AvgIpc) is 2.77. The van der Waals surface area contributed by atoms with Crippen LogP contribution in [0, 0.1) is 19.3 Å². The molecule has 0 saturated carbocycles. The van der Waals surface area contributed by atoms with Crippen molar-refractivity contribution < 1.29 is 1.41 Å². The highest BCUT2D eigenvalue weighted by Gasteiger charge is 2.38. The van der Waals surface area contributed by atoms with E-state index in [0.717, 1.165) is 30.1 Å². The number of aryl methyl sites for hydroxylation is 1. The van der Waals surface area contributed by atoms with Crippen molar-refractivity contribution in [3.63, 3.8) is 0 Å². The second kappa shape index (κ2) is 7.00. The van der Waals surface area contributed by atoms with Crippen molar-refractivity contribution >= 4 is 17.2 Å². The zero-order valence-corrected chi connectivity index (χ0v) is 18.6. The minimum atomic E-state index is -0.114. The Balaban J connectivity index is 2.11. The summed E-state index contributed by atoms with van der Waals surface area (Å²) in [5, 5.41) is 2.53. The third kappa shape index (κ3) is 3.02. The maximum Gasteiger partial charge on any atom is 0.123 e. The molecule has 2 unspecified atom stereocenters. The van der Waals surface area contributed by atoms with Crippen molar-refractivity contribution in [3.05, 3.63) is 68.5 Å². The molecule has 2 aliphatic rings. The number of aromatic nitrogens is 1. The molecule has 1 fully saturated rings. The lowest BCUT2D eigenvalue weighted by atomic mass is 9.70. The molecule has 2 heterocycles. The van der Waals surface area contributed by atoms with Crippen molar-refractivity contribution in [1.29, 1.82) is 0 Å². The third-order valence-corrected chi connectivity index (χ3v) is 7.35. The molecule has 0 amide bonds. The molecule has 28 heavy (non-hydrogen) atoms. The fourth-order valence-corrected chi connectivity index (χ4v) is 5.17. The molecule has 1 aromatic heterocycles. The molecule has 2 atom stereocenters. The summed E-state index contributed by atoms with van der Waals surface area (Å²) in [6, 6.07) is 6.48. The topological polar surface area (TPSA) is 24.9 Å². The van der Waals surface area contributed by atoms with E-state index in [2.05, 4.69) is 53.7 Å². The van der Waals surface area contributed by atoms with Gasteiger partial charge < -0.3 is 5.31 Å². The summed E-state index contributed by atoms with van der Waals surface area (Å²) in [4.78, 5) is 5.03. The van der Waals surface area contributed by atoms with Crippen LogP contribution in [0.3, 0.4) is 0 Å².